The Kier molecular flexibility index (Phi) is 3.00. The van der Waals surface area contributed by atoms with E-state index in [9.17, 15) is 9.59 Å². The van der Waals surface area contributed by atoms with E-state index in [-0.39, 0.29) is 11.9 Å². The number of carbonyl (C=O) groups is 1. The predicted octanol–water partition coefficient (Wildman–Crippen LogP) is 1.03. The monoisotopic (exact) mass is 168 g/mol. The maximum atomic E-state index is 11.0. The van der Waals surface area contributed by atoms with Gasteiger partial charge in [-0.25, -0.2) is 9.80 Å². The molecular weight excluding hydrogens is 156 g/mol. The third-order valence-corrected chi connectivity index (χ3v) is 2.14. The van der Waals surface area contributed by atoms with Crippen molar-refractivity contribution in [3.05, 3.63) is 0 Å². The largest absolute Gasteiger partial charge is 0.273 e. The summed E-state index contributed by atoms with van der Waals surface area (Å²) in [5.41, 5.74) is 0. The zero-order valence-electron chi connectivity index (χ0n) is 7.12. The molecule has 1 amide bonds. The molecule has 1 rings (SSSR count). The minimum Gasteiger partial charge on any atom is -0.273 e. The van der Waals surface area contributed by atoms with Crippen LogP contribution in [0.15, 0.2) is 5.10 Å². The third kappa shape index (κ3) is 1.92. The Labute approximate surface area is 71.2 Å². The number of carbonyl (C=O) groups excluding carboxylic acids is 2. The highest BCUT2D eigenvalue weighted by atomic mass is 16.2. The molecule has 66 valence electrons. The molecule has 1 aliphatic rings. The number of isocyanates is 1. The molecule has 0 bridgehead atoms. The van der Waals surface area contributed by atoms with Gasteiger partial charge in [-0.05, 0) is 12.8 Å². The molecule has 0 spiro atoms. The van der Waals surface area contributed by atoms with Crippen LogP contribution in [0.4, 0.5) is 0 Å². The first-order chi connectivity index (χ1) is 5.75. The lowest BCUT2D eigenvalue weighted by atomic mass is 10.2. The molecule has 0 radical (unpaired) electrons. The molecule has 0 aromatic heterocycles. The Morgan fingerprint density at radius 2 is 2.08 bits per heavy atom. The van der Waals surface area contributed by atoms with Gasteiger partial charge in [0.2, 0.25) is 5.91 Å². The lowest BCUT2D eigenvalue weighted by Crippen LogP contribution is -2.32. The first-order valence-corrected chi connectivity index (χ1v) is 4.13. The fourth-order valence-corrected chi connectivity index (χ4v) is 1.60. The van der Waals surface area contributed by atoms with Gasteiger partial charge in [0.15, 0.2) is 0 Å². The lowest BCUT2D eigenvalue weighted by molar-refractivity contribution is -0.131. The molecule has 4 nitrogen and oxygen atoms in total. The fraction of sp³-hybridized carbons (Fsp3) is 0.750. The fourth-order valence-electron chi connectivity index (χ4n) is 1.60. The Morgan fingerprint density at radius 1 is 1.50 bits per heavy atom. The van der Waals surface area contributed by atoms with Crippen molar-refractivity contribution in [1.82, 2.24) is 5.01 Å². The zero-order valence-corrected chi connectivity index (χ0v) is 7.12. The molecule has 0 atom stereocenters. The Bertz CT molecular complexity index is 213. The van der Waals surface area contributed by atoms with Gasteiger partial charge in [0, 0.05) is 6.92 Å². The first kappa shape index (κ1) is 8.94. The molecule has 0 aromatic carbocycles. The number of hydrogen-bond acceptors (Lipinski definition) is 3. The van der Waals surface area contributed by atoms with Crippen LogP contribution in [0.1, 0.15) is 32.6 Å². The summed E-state index contributed by atoms with van der Waals surface area (Å²) in [5.74, 6) is -0.176. The molecule has 4 heteroatoms. The van der Waals surface area contributed by atoms with Crippen LogP contribution in [-0.4, -0.2) is 23.0 Å². The molecule has 0 aromatic rings. The standard InChI is InChI=1S/C8H12N2O2/c1-7(12)10(9-6-11)8-4-2-3-5-8/h8H,2-5H2,1H3. The van der Waals surface area contributed by atoms with Gasteiger partial charge in [0.1, 0.15) is 0 Å². The van der Waals surface area contributed by atoms with Crippen LogP contribution in [0.2, 0.25) is 0 Å². The minimum absolute atomic E-state index is 0.129. The van der Waals surface area contributed by atoms with Crippen molar-refractivity contribution in [2.75, 3.05) is 0 Å². The van der Waals surface area contributed by atoms with Gasteiger partial charge < -0.3 is 0 Å². The van der Waals surface area contributed by atoms with Gasteiger partial charge in [-0.3, -0.25) is 4.79 Å². The SMILES string of the molecule is CC(=O)N(N=C=O)C1CCCC1. The summed E-state index contributed by atoms with van der Waals surface area (Å²) in [4.78, 5) is 21.0. The van der Waals surface area contributed by atoms with Crippen molar-refractivity contribution in [2.45, 2.75) is 38.6 Å². The van der Waals surface area contributed by atoms with E-state index in [4.69, 9.17) is 0 Å². The molecule has 0 N–H and O–H groups in total. The maximum Gasteiger partial charge on any atom is 0.258 e. The van der Waals surface area contributed by atoms with Gasteiger partial charge in [-0.1, -0.05) is 17.9 Å². The van der Waals surface area contributed by atoms with Crippen molar-refractivity contribution in [2.24, 2.45) is 5.10 Å². The average Bonchev–Trinajstić information content (AvgIpc) is 2.51. The smallest absolute Gasteiger partial charge is 0.258 e. The molecule has 1 aliphatic carbocycles. The Hall–Kier alpha value is -1.15. The molecule has 0 aliphatic heterocycles. The summed E-state index contributed by atoms with van der Waals surface area (Å²) in [6.07, 6.45) is 5.53. The van der Waals surface area contributed by atoms with Crippen LogP contribution in [0.25, 0.3) is 0 Å². The average molecular weight is 168 g/mol. The van der Waals surface area contributed by atoms with Crippen molar-refractivity contribution in [3.63, 3.8) is 0 Å². The van der Waals surface area contributed by atoms with Gasteiger partial charge in [-0.2, -0.15) is 0 Å². The van der Waals surface area contributed by atoms with Crippen LogP contribution in [0, 0.1) is 0 Å². The Balaban J connectivity index is 2.63. The summed E-state index contributed by atoms with van der Waals surface area (Å²) in [7, 11) is 0. The van der Waals surface area contributed by atoms with E-state index in [1.165, 1.54) is 18.0 Å². The lowest BCUT2D eigenvalue weighted by Gasteiger charge is -2.19. The van der Waals surface area contributed by atoms with Gasteiger partial charge >= 0.3 is 0 Å². The van der Waals surface area contributed by atoms with Gasteiger partial charge in [-0.15, -0.1) is 0 Å². The second kappa shape index (κ2) is 4.02. The van der Waals surface area contributed by atoms with E-state index in [0.717, 1.165) is 25.7 Å². The quantitative estimate of drug-likeness (QED) is 0.351. The summed E-state index contributed by atoms with van der Waals surface area (Å²) in [6, 6.07) is 0.129. The van der Waals surface area contributed by atoms with E-state index in [2.05, 4.69) is 5.10 Å². The van der Waals surface area contributed by atoms with Gasteiger partial charge in [0.25, 0.3) is 6.08 Å². The van der Waals surface area contributed by atoms with E-state index < -0.39 is 0 Å². The molecule has 1 saturated carbocycles. The highest BCUT2D eigenvalue weighted by molar-refractivity contribution is 5.73. The Morgan fingerprint density at radius 3 is 2.50 bits per heavy atom. The third-order valence-electron chi connectivity index (χ3n) is 2.14. The van der Waals surface area contributed by atoms with Crippen molar-refractivity contribution in [1.29, 1.82) is 0 Å². The van der Waals surface area contributed by atoms with Crippen molar-refractivity contribution >= 4 is 12.0 Å². The summed E-state index contributed by atoms with van der Waals surface area (Å²) < 4.78 is 0. The van der Waals surface area contributed by atoms with E-state index >= 15 is 0 Å². The molecule has 1 fully saturated rings. The topological polar surface area (TPSA) is 49.7 Å². The minimum atomic E-state index is -0.176. The summed E-state index contributed by atoms with van der Waals surface area (Å²) >= 11 is 0. The van der Waals surface area contributed by atoms with Crippen LogP contribution in [0.3, 0.4) is 0 Å². The number of nitrogens with zero attached hydrogens (tertiary/aromatic N) is 2. The normalized spacial score (nSPS) is 17.1. The van der Waals surface area contributed by atoms with Crippen molar-refractivity contribution in [3.8, 4) is 0 Å². The van der Waals surface area contributed by atoms with E-state index in [1.807, 2.05) is 0 Å². The molecule has 0 heterocycles. The van der Waals surface area contributed by atoms with E-state index in [0.29, 0.717) is 0 Å². The van der Waals surface area contributed by atoms with Crippen LogP contribution >= 0.6 is 0 Å². The highest BCUT2D eigenvalue weighted by Gasteiger charge is 2.24. The van der Waals surface area contributed by atoms with Crippen LogP contribution in [-0.2, 0) is 9.59 Å². The number of amides is 1. The summed E-state index contributed by atoms with van der Waals surface area (Å²) in [6.45, 7) is 1.42. The molecule has 12 heavy (non-hydrogen) atoms. The predicted molar refractivity (Wildman–Crippen MR) is 42.9 cm³/mol. The van der Waals surface area contributed by atoms with Gasteiger partial charge in [0.05, 0.1) is 6.04 Å². The maximum absolute atomic E-state index is 11.0. The first-order valence-electron chi connectivity index (χ1n) is 4.13. The van der Waals surface area contributed by atoms with Crippen molar-refractivity contribution < 1.29 is 9.59 Å². The van der Waals surface area contributed by atoms with Crippen LogP contribution < -0.4 is 0 Å². The number of hydrazone groups is 1. The molecule has 0 unspecified atom stereocenters. The highest BCUT2D eigenvalue weighted by Crippen LogP contribution is 2.23. The number of hydrogen-bond donors (Lipinski definition) is 0. The molecular formula is C8H12N2O2. The zero-order chi connectivity index (χ0) is 8.97. The second-order valence-corrected chi connectivity index (χ2v) is 2.99. The second-order valence-electron chi connectivity index (χ2n) is 2.99. The molecule has 0 saturated heterocycles. The number of rotatable bonds is 2. The van der Waals surface area contributed by atoms with E-state index in [1.54, 1.807) is 0 Å². The summed E-state index contributed by atoms with van der Waals surface area (Å²) in [5, 5.41) is 4.63. The van der Waals surface area contributed by atoms with Crippen LogP contribution in [0.5, 0.6) is 0 Å².